The predicted octanol–water partition coefficient (Wildman–Crippen LogP) is 2.54. The first-order valence-electron chi connectivity index (χ1n) is 7.07. The van der Waals surface area contributed by atoms with E-state index in [0.717, 1.165) is 31.6 Å². The second kappa shape index (κ2) is 6.02. The molecule has 0 radical (unpaired) electrons. The molecule has 1 N–H and O–H groups in total. The molecule has 1 aliphatic heterocycles. The molecule has 0 unspecified atom stereocenters. The van der Waals surface area contributed by atoms with Crippen LogP contribution < -0.4 is 0 Å². The number of carbonyl (C=O) groups is 1. The molecule has 0 amide bonds. The van der Waals surface area contributed by atoms with E-state index in [4.69, 9.17) is 9.47 Å². The molecule has 19 heavy (non-hydrogen) atoms. The fraction of sp³-hybridized carbons (Fsp3) is 0.929. The van der Waals surface area contributed by atoms with Crippen molar-refractivity contribution in [3.63, 3.8) is 0 Å². The van der Waals surface area contributed by atoms with Gasteiger partial charge in [-0.1, -0.05) is 13.8 Å². The Morgan fingerprint density at radius 3 is 2.53 bits per heavy atom. The van der Waals surface area contributed by atoms with Gasteiger partial charge in [-0.3, -0.25) is 0 Å². The Morgan fingerprint density at radius 2 is 2.05 bits per heavy atom. The zero-order valence-corrected chi connectivity index (χ0v) is 12.7. The summed E-state index contributed by atoms with van der Waals surface area (Å²) in [6.45, 7) is 6.52. The van der Waals surface area contributed by atoms with Crippen LogP contribution in [0, 0.1) is 11.8 Å². The molecule has 1 saturated carbocycles. The third kappa shape index (κ3) is 3.86. The zero-order chi connectivity index (χ0) is 14.0. The monoisotopic (exact) mass is 288 g/mol. The van der Waals surface area contributed by atoms with Crippen molar-refractivity contribution in [3.8, 4) is 0 Å². The summed E-state index contributed by atoms with van der Waals surface area (Å²) in [7, 11) is 0. The molecule has 2 rings (SSSR count). The van der Waals surface area contributed by atoms with Gasteiger partial charge in [0.15, 0.2) is 6.29 Å². The van der Waals surface area contributed by atoms with Crippen molar-refractivity contribution in [3.05, 3.63) is 0 Å². The number of ether oxygens (including phenoxy) is 2. The van der Waals surface area contributed by atoms with Gasteiger partial charge in [0.1, 0.15) is 5.60 Å². The third-order valence-corrected chi connectivity index (χ3v) is 5.32. The van der Waals surface area contributed by atoms with E-state index in [1.54, 1.807) is 0 Å². The van der Waals surface area contributed by atoms with Gasteiger partial charge in [-0.2, -0.15) is 0 Å². The molecule has 5 heteroatoms. The van der Waals surface area contributed by atoms with Gasteiger partial charge >= 0.3 is 5.97 Å². The summed E-state index contributed by atoms with van der Waals surface area (Å²) in [5, 5.41) is 9.26. The normalized spacial score (nSPS) is 39.5. The van der Waals surface area contributed by atoms with Gasteiger partial charge in [-0.05, 0) is 44.4 Å². The molecule has 0 spiro atoms. The summed E-state index contributed by atoms with van der Waals surface area (Å²) in [5.74, 6) is 1.54. The Labute approximate surface area is 119 Å². The molecule has 0 aromatic carbocycles. The summed E-state index contributed by atoms with van der Waals surface area (Å²) in [6, 6.07) is 0. The fourth-order valence-corrected chi connectivity index (χ4v) is 3.63. The molecule has 1 saturated heterocycles. The van der Waals surface area contributed by atoms with Crippen LogP contribution in [0.1, 0.15) is 46.5 Å². The first-order valence-corrected chi connectivity index (χ1v) is 8.12. The number of hydrogen-bond donors (Lipinski definition) is 1. The third-order valence-electron chi connectivity index (χ3n) is 4.24. The van der Waals surface area contributed by atoms with E-state index >= 15 is 0 Å². The van der Waals surface area contributed by atoms with E-state index in [1.807, 2.05) is 6.92 Å². The molecule has 2 fully saturated rings. The average Bonchev–Trinajstić information content (AvgIpc) is 2.76. The van der Waals surface area contributed by atoms with E-state index in [-0.39, 0.29) is 11.6 Å². The number of rotatable bonds is 3. The van der Waals surface area contributed by atoms with E-state index in [0.29, 0.717) is 11.7 Å². The molecule has 0 bridgehead atoms. The van der Waals surface area contributed by atoms with Gasteiger partial charge in [-0.15, -0.1) is 11.8 Å². The molecule has 2 aliphatic rings. The lowest BCUT2D eigenvalue weighted by Gasteiger charge is -2.38. The van der Waals surface area contributed by atoms with E-state index in [2.05, 4.69) is 13.8 Å². The Balaban J connectivity index is 1.83. The summed E-state index contributed by atoms with van der Waals surface area (Å²) < 4.78 is 10.8. The minimum absolute atomic E-state index is 0.341. The summed E-state index contributed by atoms with van der Waals surface area (Å²) >= 11 is 1.30. The highest BCUT2D eigenvalue weighted by Crippen LogP contribution is 2.38. The second-order valence-electron chi connectivity index (χ2n) is 6.21. The Morgan fingerprint density at radius 1 is 1.42 bits per heavy atom. The summed E-state index contributed by atoms with van der Waals surface area (Å²) in [6.07, 6.45) is 3.22. The van der Waals surface area contributed by atoms with Crippen molar-refractivity contribution in [1.29, 1.82) is 0 Å². The quantitative estimate of drug-likeness (QED) is 0.809. The minimum Gasteiger partial charge on any atom is -0.457 e. The number of aliphatic hydroxyl groups excluding tert-OH is 1. The van der Waals surface area contributed by atoms with Crippen molar-refractivity contribution in [2.75, 3.05) is 5.75 Å². The van der Waals surface area contributed by atoms with Crippen molar-refractivity contribution in [1.82, 2.24) is 0 Å². The highest BCUT2D eigenvalue weighted by molar-refractivity contribution is 8.00. The van der Waals surface area contributed by atoms with E-state index in [9.17, 15) is 9.90 Å². The lowest BCUT2D eigenvalue weighted by molar-refractivity contribution is -0.178. The van der Waals surface area contributed by atoms with Gasteiger partial charge in [0.05, 0.1) is 0 Å². The molecule has 110 valence electrons. The maximum Gasteiger partial charge on any atom is 0.346 e. The number of carbonyl (C=O) groups excluding carboxylic acids is 1. The van der Waals surface area contributed by atoms with Crippen molar-refractivity contribution in [2.45, 2.75) is 63.8 Å². The van der Waals surface area contributed by atoms with E-state index < -0.39 is 11.7 Å². The van der Waals surface area contributed by atoms with Gasteiger partial charge in [-0.25, -0.2) is 4.79 Å². The van der Waals surface area contributed by atoms with Crippen LogP contribution in [0.2, 0.25) is 0 Å². The topological polar surface area (TPSA) is 55.8 Å². The number of hydrogen-bond acceptors (Lipinski definition) is 5. The molecule has 1 heterocycles. The number of thioether (sulfide) groups is 1. The fourth-order valence-electron chi connectivity index (χ4n) is 2.83. The first-order chi connectivity index (χ1) is 8.89. The lowest BCUT2D eigenvalue weighted by Crippen LogP contribution is -2.39. The molecule has 0 aromatic rings. The lowest BCUT2D eigenvalue weighted by atomic mass is 9.75. The maximum absolute atomic E-state index is 12.0. The number of esters is 1. The van der Waals surface area contributed by atoms with Crippen molar-refractivity contribution >= 4 is 17.7 Å². The standard InChI is InChI=1S/C14H24O4S/c1-9(2)10-4-6-14(3,7-5-10)18-12(16)13-17-11(15)8-19-13/h9-11,13,15H,4-8H2,1-3H3/t10?,11-,13+,14?/m0/s1. The van der Waals surface area contributed by atoms with Crippen LogP contribution in [0.25, 0.3) is 0 Å². The summed E-state index contributed by atoms with van der Waals surface area (Å²) in [4.78, 5) is 12.0. The van der Waals surface area contributed by atoms with Crippen LogP contribution in [0.4, 0.5) is 0 Å². The maximum atomic E-state index is 12.0. The van der Waals surface area contributed by atoms with Crippen LogP contribution in [-0.4, -0.2) is 34.2 Å². The molecule has 2 atom stereocenters. The van der Waals surface area contributed by atoms with Gasteiger partial charge in [0, 0.05) is 5.75 Å². The van der Waals surface area contributed by atoms with Crippen LogP contribution in [0.3, 0.4) is 0 Å². The van der Waals surface area contributed by atoms with Crippen LogP contribution in [0.5, 0.6) is 0 Å². The smallest absolute Gasteiger partial charge is 0.346 e. The highest BCUT2D eigenvalue weighted by atomic mass is 32.2. The molecule has 0 aromatic heterocycles. The Kier molecular flexibility index (Phi) is 4.79. The minimum atomic E-state index is -0.841. The molecule has 4 nitrogen and oxygen atoms in total. The SMILES string of the molecule is CC(C)C1CCC(C)(OC(=O)[C@@H]2O[C@H](O)CS2)CC1. The largest absolute Gasteiger partial charge is 0.457 e. The predicted molar refractivity (Wildman–Crippen MR) is 74.6 cm³/mol. The van der Waals surface area contributed by atoms with Crippen LogP contribution >= 0.6 is 11.8 Å². The number of aliphatic hydroxyl groups is 1. The Hall–Kier alpha value is -0.260. The second-order valence-corrected chi connectivity index (χ2v) is 7.30. The highest BCUT2D eigenvalue weighted by Gasteiger charge is 2.39. The molecular formula is C14H24O4S. The molecule has 1 aliphatic carbocycles. The van der Waals surface area contributed by atoms with Crippen LogP contribution in [0.15, 0.2) is 0 Å². The van der Waals surface area contributed by atoms with Gasteiger partial charge < -0.3 is 14.6 Å². The average molecular weight is 288 g/mol. The van der Waals surface area contributed by atoms with Gasteiger partial charge in [0.25, 0.3) is 0 Å². The van der Waals surface area contributed by atoms with Crippen LogP contribution in [-0.2, 0) is 14.3 Å². The van der Waals surface area contributed by atoms with Gasteiger partial charge in [0.2, 0.25) is 5.44 Å². The zero-order valence-electron chi connectivity index (χ0n) is 11.9. The summed E-state index contributed by atoms with van der Waals surface area (Å²) in [5.41, 5.74) is -1.02. The first kappa shape index (κ1) is 15.1. The van der Waals surface area contributed by atoms with Crippen molar-refractivity contribution in [2.24, 2.45) is 11.8 Å². The Bertz CT molecular complexity index is 323. The van der Waals surface area contributed by atoms with Crippen molar-refractivity contribution < 1.29 is 19.4 Å². The van der Waals surface area contributed by atoms with E-state index in [1.165, 1.54) is 11.8 Å². The molecular weight excluding hydrogens is 264 g/mol.